The number of carbonyl (C=O) groups excluding carboxylic acids is 1. The van der Waals surface area contributed by atoms with Gasteiger partial charge in [0.15, 0.2) is 5.65 Å². The van der Waals surface area contributed by atoms with Crippen LogP contribution in [-0.2, 0) is 15.7 Å². The van der Waals surface area contributed by atoms with Crippen LogP contribution < -0.4 is 4.90 Å². The van der Waals surface area contributed by atoms with E-state index in [-0.39, 0.29) is 18.2 Å². The molecule has 0 saturated carbocycles. The fourth-order valence-corrected chi connectivity index (χ4v) is 2.90. The Labute approximate surface area is 153 Å². The summed E-state index contributed by atoms with van der Waals surface area (Å²) < 4.78 is 45.2. The van der Waals surface area contributed by atoms with Crippen LogP contribution in [0, 0.1) is 5.92 Å². The number of aromatic nitrogens is 4. The minimum absolute atomic E-state index is 0.0548. The predicted octanol–water partition coefficient (Wildman–Crippen LogP) is 1.46. The molecule has 0 unspecified atom stereocenters. The number of rotatable bonds is 5. The Morgan fingerprint density at radius 1 is 1.26 bits per heavy atom. The zero-order valence-electron chi connectivity index (χ0n) is 15.1. The Balaban J connectivity index is 1.59. The van der Waals surface area contributed by atoms with Crippen LogP contribution in [0.15, 0.2) is 12.1 Å². The molecule has 3 heterocycles. The van der Waals surface area contributed by atoms with E-state index in [2.05, 4.69) is 15.3 Å². The van der Waals surface area contributed by atoms with Crippen LogP contribution in [0.25, 0.3) is 5.65 Å². The normalized spacial score (nSPS) is 16.1. The van der Waals surface area contributed by atoms with Crippen molar-refractivity contribution in [3.8, 4) is 0 Å². The Bertz CT molecular complexity index is 799. The standard InChI is InChI=1S/C16H21F3N6O2/c1-23(2)14(26)10-27-9-11-5-7-24(8-6-11)13-4-3-12-20-21-15(16(17,18)19)25(12)22-13/h3-4,11H,5-10H2,1-2H3. The van der Waals surface area contributed by atoms with Crippen molar-refractivity contribution in [1.82, 2.24) is 24.7 Å². The van der Waals surface area contributed by atoms with E-state index >= 15 is 0 Å². The molecular weight excluding hydrogens is 365 g/mol. The van der Waals surface area contributed by atoms with Crippen LogP contribution in [0.5, 0.6) is 0 Å². The van der Waals surface area contributed by atoms with E-state index in [1.807, 2.05) is 4.90 Å². The lowest BCUT2D eigenvalue weighted by molar-refractivity contribution is -0.146. The third kappa shape index (κ3) is 4.46. The van der Waals surface area contributed by atoms with Gasteiger partial charge in [-0.25, -0.2) is 0 Å². The lowest BCUT2D eigenvalue weighted by atomic mass is 9.98. The highest BCUT2D eigenvalue weighted by Crippen LogP contribution is 2.28. The van der Waals surface area contributed by atoms with Gasteiger partial charge in [0.05, 0.1) is 6.61 Å². The molecule has 8 nitrogen and oxygen atoms in total. The van der Waals surface area contributed by atoms with Gasteiger partial charge >= 0.3 is 6.18 Å². The van der Waals surface area contributed by atoms with E-state index in [1.54, 1.807) is 20.2 Å². The molecule has 1 saturated heterocycles. The molecule has 0 atom stereocenters. The first-order valence-electron chi connectivity index (χ1n) is 8.58. The zero-order chi connectivity index (χ0) is 19.6. The minimum Gasteiger partial charge on any atom is -0.371 e. The molecule has 1 aliphatic heterocycles. The first kappa shape index (κ1) is 19.3. The van der Waals surface area contributed by atoms with Crippen LogP contribution >= 0.6 is 0 Å². The Morgan fingerprint density at radius 3 is 2.59 bits per heavy atom. The molecule has 0 aliphatic carbocycles. The highest BCUT2D eigenvalue weighted by atomic mass is 19.4. The van der Waals surface area contributed by atoms with Gasteiger partial charge < -0.3 is 14.5 Å². The average molecular weight is 386 g/mol. The number of hydrogen-bond acceptors (Lipinski definition) is 6. The van der Waals surface area contributed by atoms with Gasteiger partial charge in [0, 0.05) is 27.2 Å². The Hall–Kier alpha value is -2.43. The third-order valence-corrected chi connectivity index (χ3v) is 4.52. The largest absolute Gasteiger partial charge is 0.453 e. The Morgan fingerprint density at radius 2 is 1.96 bits per heavy atom. The maximum atomic E-state index is 13.0. The summed E-state index contributed by atoms with van der Waals surface area (Å²) in [4.78, 5) is 14.9. The summed E-state index contributed by atoms with van der Waals surface area (Å²) in [6.07, 6.45) is -2.99. The number of piperidine rings is 1. The van der Waals surface area contributed by atoms with Crippen molar-refractivity contribution in [2.75, 3.05) is 45.3 Å². The summed E-state index contributed by atoms with van der Waals surface area (Å²) >= 11 is 0. The van der Waals surface area contributed by atoms with Crippen molar-refractivity contribution in [1.29, 1.82) is 0 Å². The molecule has 1 aliphatic rings. The molecule has 148 valence electrons. The van der Waals surface area contributed by atoms with Gasteiger partial charge in [-0.1, -0.05) is 0 Å². The SMILES string of the molecule is CN(C)C(=O)COCC1CCN(c2ccc3nnc(C(F)(F)F)n3n2)CC1. The summed E-state index contributed by atoms with van der Waals surface area (Å²) in [6, 6.07) is 3.13. The molecule has 0 aromatic carbocycles. The van der Waals surface area contributed by atoms with Gasteiger partial charge in [-0.15, -0.1) is 15.3 Å². The van der Waals surface area contributed by atoms with E-state index in [1.165, 1.54) is 11.0 Å². The second-order valence-corrected chi connectivity index (χ2v) is 6.72. The smallest absolute Gasteiger partial charge is 0.371 e. The molecule has 3 rings (SSSR count). The highest BCUT2D eigenvalue weighted by Gasteiger charge is 2.37. The second kappa shape index (κ2) is 7.67. The predicted molar refractivity (Wildman–Crippen MR) is 90.2 cm³/mol. The molecule has 1 amide bonds. The number of alkyl halides is 3. The van der Waals surface area contributed by atoms with Gasteiger partial charge in [0.2, 0.25) is 5.91 Å². The van der Waals surface area contributed by atoms with Crippen LogP contribution in [0.1, 0.15) is 18.7 Å². The lowest BCUT2D eigenvalue weighted by Gasteiger charge is -2.32. The summed E-state index contributed by atoms with van der Waals surface area (Å²) in [5.74, 6) is -0.455. The summed E-state index contributed by atoms with van der Waals surface area (Å²) in [5.41, 5.74) is 0.0555. The molecule has 0 radical (unpaired) electrons. The number of ether oxygens (including phenoxy) is 1. The summed E-state index contributed by atoms with van der Waals surface area (Å²) in [5, 5.41) is 10.8. The zero-order valence-corrected chi connectivity index (χ0v) is 15.1. The minimum atomic E-state index is -4.61. The number of hydrogen-bond donors (Lipinski definition) is 0. The summed E-state index contributed by atoms with van der Waals surface area (Å²) in [7, 11) is 3.35. The van der Waals surface area contributed by atoms with Crippen molar-refractivity contribution >= 4 is 17.4 Å². The molecule has 2 aromatic rings. The fraction of sp³-hybridized carbons (Fsp3) is 0.625. The quantitative estimate of drug-likeness (QED) is 0.775. The number of fused-ring (bicyclic) bond motifs is 1. The van der Waals surface area contributed by atoms with E-state index in [9.17, 15) is 18.0 Å². The molecule has 2 aromatic heterocycles. The van der Waals surface area contributed by atoms with Gasteiger partial charge in [0.25, 0.3) is 5.82 Å². The number of carbonyl (C=O) groups is 1. The number of nitrogens with zero attached hydrogens (tertiary/aromatic N) is 6. The van der Waals surface area contributed by atoms with Crippen LogP contribution in [0.3, 0.4) is 0 Å². The van der Waals surface area contributed by atoms with Gasteiger partial charge in [-0.05, 0) is 30.9 Å². The number of halogens is 3. The average Bonchev–Trinajstić information content (AvgIpc) is 3.05. The van der Waals surface area contributed by atoms with Crippen molar-refractivity contribution < 1.29 is 22.7 Å². The van der Waals surface area contributed by atoms with Crippen molar-refractivity contribution in [2.45, 2.75) is 19.0 Å². The molecule has 0 bridgehead atoms. The lowest BCUT2D eigenvalue weighted by Crippen LogP contribution is -2.36. The van der Waals surface area contributed by atoms with E-state index in [0.717, 1.165) is 17.4 Å². The topological polar surface area (TPSA) is 75.9 Å². The van der Waals surface area contributed by atoms with Gasteiger partial charge in [0.1, 0.15) is 12.4 Å². The number of anilines is 1. The first-order valence-corrected chi connectivity index (χ1v) is 8.58. The molecule has 1 fully saturated rings. The fourth-order valence-electron chi connectivity index (χ4n) is 2.90. The molecule has 11 heteroatoms. The van der Waals surface area contributed by atoms with Crippen molar-refractivity contribution in [2.24, 2.45) is 5.92 Å². The van der Waals surface area contributed by atoms with Crippen LogP contribution in [0.4, 0.5) is 19.0 Å². The Kier molecular flexibility index (Phi) is 5.49. The van der Waals surface area contributed by atoms with E-state index in [4.69, 9.17) is 4.74 Å². The number of likely N-dealkylation sites (N-methyl/N-ethyl adjacent to an activating group) is 1. The van der Waals surface area contributed by atoms with Gasteiger partial charge in [-0.2, -0.15) is 17.7 Å². The van der Waals surface area contributed by atoms with Crippen LogP contribution in [-0.4, -0.2) is 71.0 Å². The second-order valence-electron chi connectivity index (χ2n) is 6.72. The van der Waals surface area contributed by atoms with E-state index in [0.29, 0.717) is 31.4 Å². The maximum Gasteiger partial charge on any atom is 0.453 e. The van der Waals surface area contributed by atoms with Crippen molar-refractivity contribution in [3.05, 3.63) is 18.0 Å². The van der Waals surface area contributed by atoms with Crippen molar-refractivity contribution in [3.63, 3.8) is 0 Å². The highest BCUT2D eigenvalue weighted by molar-refractivity contribution is 5.76. The maximum absolute atomic E-state index is 13.0. The van der Waals surface area contributed by atoms with Crippen LogP contribution in [0.2, 0.25) is 0 Å². The molecular formula is C16H21F3N6O2. The third-order valence-electron chi connectivity index (χ3n) is 4.52. The van der Waals surface area contributed by atoms with Gasteiger partial charge in [-0.3, -0.25) is 4.79 Å². The first-order chi connectivity index (χ1) is 12.8. The monoisotopic (exact) mass is 386 g/mol. The molecule has 0 N–H and O–H groups in total. The molecule has 27 heavy (non-hydrogen) atoms. The number of amides is 1. The molecule has 0 spiro atoms. The van der Waals surface area contributed by atoms with E-state index < -0.39 is 12.0 Å². The summed E-state index contributed by atoms with van der Waals surface area (Å²) in [6.45, 7) is 1.85.